The van der Waals surface area contributed by atoms with Crippen molar-refractivity contribution >= 4 is 38.8 Å². The second kappa shape index (κ2) is 10.9. The third kappa shape index (κ3) is 5.74. The van der Waals surface area contributed by atoms with E-state index in [0.717, 1.165) is 26.4 Å². The molecule has 0 heterocycles. The number of nitrogens with one attached hydrogen (secondary N) is 1. The number of hydrogen-bond donors (Lipinski definition) is 2. The van der Waals surface area contributed by atoms with Crippen LogP contribution in [0.4, 0.5) is 0 Å². The molecule has 1 amide bonds. The van der Waals surface area contributed by atoms with Crippen LogP contribution in [-0.4, -0.2) is 23.8 Å². The fraction of sp³-hybridized carbons (Fsp3) is 0.111. The van der Waals surface area contributed by atoms with E-state index in [9.17, 15) is 9.90 Å². The third-order valence-corrected chi connectivity index (χ3v) is 5.59. The summed E-state index contributed by atoms with van der Waals surface area (Å²) in [4.78, 5) is 12.5. The maximum Gasteiger partial charge on any atom is 0.275 e. The van der Waals surface area contributed by atoms with Gasteiger partial charge in [-0.25, -0.2) is 5.43 Å². The van der Waals surface area contributed by atoms with Gasteiger partial charge in [-0.1, -0.05) is 52.3 Å². The molecule has 0 aliphatic carbocycles. The van der Waals surface area contributed by atoms with E-state index in [1.165, 1.54) is 6.21 Å². The van der Waals surface area contributed by atoms with Crippen molar-refractivity contribution in [1.82, 2.24) is 5.43 Å². The lowest BCUT2D eigenvalue weighted by Crippen LogP contribution is -2.17. The van der Waals surface area contributed by atoms with E-state index in [4.69, 9.17) is 9.47 Å². The summed E-state index contributed by atoms with van der Waals surface area (Å²) >= 11 is 3.43. The van der Waals surface area contributed by atoms with Crippen LogP contribution >= 0.6 is 15.9 Å². The van der Waals surface area contributed by atoms with Crippen LogP contribution in [0.3, 0.4) is 0 Å². The Kier molecular flexibility index (Phi) is 7.44. The Balaban J connectivity index is 1.44. The lowest BCUT2D eigenvalue weighted by Gasteiger charge is -2.12. The molecular formula is C27H23BrN2O4. The highest BCUT2D eigenvalue weighted by molar-refractivity contribution is 9.10. The normalized spacial score (nSPS) is 11.0. The number of aromatic hydroxyl groups is 1. The van der Waals surface area contributed by atoms with Crippen molar-refractivity contribution in [3.8, 4) is 17.2 Å². The largest absolute Gasteiger partial charge is 0.507 e. The highest BCUT2D eigenvalue weighted by atomic mass is 79.9. The molecule has 6 nitrogen and oxygen atoms in total. The van der Waals surface area contributed by atoms with E-state index < -0.39 is 5.91 Å². The molecule has 4 aromatic rings. The van der Waals surface area contributed by atoms with Gasteiger partial charge in [0.15, 0.2) is 11.5 Å². The summed E-state index contributed by atoms with van der Waals surface area (Å²) < 4.78 is 12.7. The van der Waals surface area contributed by atoms with Crippen LogP contribution in [0.1, 0.15) is 28.4 Å². The van der Waals surface area contributed by atoms with E-state index in [2.05, 4.69) is 26.5 Å². The molecule has 0 spiro atoms. The molecule has 0 radical (unpaired) electrons. The average Bonchev–Trinajstić information content (AvgIpc) is 2.84. The zero-order chi connectivity index (χ0) is 23.9. The second-order valence-electron chi connectivity index (χ2n) is 7.47. The topological polar surface area (TPSA) is 80.2 Å². The predicted octanol–water partition coefficient (Wildman–Crippen LogP) is 6.05. The Morgan fingerprint density at radius 2 is 1.71 bits per heavy atom. The first kappa shape index (κ1) is 23.3. The molecule has 0 aliphatic heterocycles. The van der Waals surface area contributed by atoms with E-state index in [-0.39, 0.29) is 11.3 Å². The van der Waals surface area contributed by atoms with Gasteiger partial charge in [-0.2, -0.15) is 5.10 Å². The van der Waals surface area contributed by atoms with E-state index >= 15 is 0 Å². The number of hydrazone groups is 1. The van der Waals surface area contributed by atoms with Crippen molar-refractivity contribution in [2.45, 2.75) is 13.5 Å². The SMILES string of the molecule is CCOc1cc(C=NNC(=O)c2cc3ccccc3cc2O)ccc1OCc1ccc(Br)cc1. The Morgan fingerprint density at radius 1 is 0.971 bits per heavy atom. The molecule has 0 atom stereocenters. The van der Waals surface area contributed by atoms with Crippen LogP contribution in [-0.2, 0) is 6.61 Å². The van der Waals surface area contributed by atoms with Gasteiger partial charge in [0.1, 0.15) is 12.4 Å². The van der Waals surface area contributed by atoms with E-state index in [0.29, 0.717) is 24.7 Å². The number of benzene rings is 4. The Bertz CT molecular complexity index is 1340. The maximum absolute atomic E-state index is 12.5. The fourth-order valence-electron chi connectivity index (χ4n) is 3.37. The summed E-state index contributed by atoms with van der Waals surface area (Å²) in [6.07, 6.45) is 1.51. The lowest BCUT2D eigenvalue weighted by atomic mass is 10.1. The van der Waals surface area contributed by atoms with Crippen LogP contribution < -0.4 is 14.9 Å². The number of phenolic OH excluding ortho intramolecular Hbond substituents is 1. The van der Waals surface area contributed by atoms with Gasteiger partial charge in [-0.3, -0.25) is 4.79 Å². The minimum Gasteiger partial charge on any atom is -0.507 e. The number of fused-ring (bicyclic) bond motifs is 1. The summed E-state index contributed by atoms with van der Waals surface area (Å²) in [7, 11) is 0. The van der Waals surface area contributed by atoms with Crippen LogP contribution in [0.2, 0.25) is 0 Å². The number of amides is 1. The van der Waals surface area contributed by atoms with Gasteiger partial charge in [0, 0.05) is 4.47 Å². The molecule has 0 fully saturated rings. The monoisotopic (exact) mass is 518 g/mol. The standard InChI is InChI=1S/C27H23BrN2O4/c1-2-33-26-13-19(9-12-25(26)34-17-18-7-10-22(28)11-8-18)16-29-30-27(32)23-14-20-5-3-4-6-21(20)15-24(23)31/h3-16,31H,2,17H2,1H3,(H,30,32). The Morgan fingerprint density at radius 3 is 2.44 bits per heavy atom. The minimum absolute atomic E-state index is 0.0997. The van der Waals surface area contributed by atoms with E-state index in [1.54, 1.807) is 18.2 Å². The van der Waals surface area contributed by atoms with Gasteiger partial charge in [-0.15, -0.1) is 0 Å². The molecule has 2 N–H and O–H groups in total. The van der Waals surface area contributed by atoms with E-state index in [1.807, 2.05) is 67.6 Å². The van der Waals surface area contributed by atoms with Crippen LogP contribution in [0.15, 0.2) is 88.4 Å². The fourth-order valence-corrected chi connectivity index (χ4v) is 3.63. The van der Waals surface area contributed by atoms with Crippen molar-refractivity contribution < 1.29 is 19.4 Å². The zero-order valence-electron chi connectivity index (χ0n) is 18.5. The number of carbonyl (C=O) groups excluding carboxylic acids is 1. The lowest BCUT2D eigenvalue weighted by molar-refractivity contribution is 0.0952. The smallest absolute Gasteiger partial charge is 0.275 e. The summed E-state index contributed by atoms with van der Waals surface area (Å²) in [5, 5.41) is 16.0. The molecule has 4 rings (SSSR count). The molecular weight excluding hydrogens is 496 g/mol. The van der Waals surface area contributed by atoms with Crippen LogP contribution in [0, 0.1) is 0 Å². The van der Waals surface area contributed by atoms with Gasteiger partial charge in [0.05, 0.1) is 18.4 Å². The predicted molar refractivity (Wildman–Crippen MR) is 137 cm³/mol. The van der Waals surface area contributed by atoms with Gasteiger partial charge < -0.3 is 14.6 Å². The molecule has 0 aliphatic rings. The van der Waals surface area contributed by atoms with Crippen molar-refractivity contribution in [2.24, 2.45) is 5.10 Å². The van der Waals surface area contributed by atoms with Gasteiger partial charge in [0.2, 0.25) is 0 Å². The first-order valence-electron chi connectivity index (χ1n) is 10.7. The van der Waals surface area contributed by atoms with Crippen LogP contribution in [0.5, 0.6) is 17.2 Å². The maximum atomic E-state index is 12.5. The van der Waals surface area contributed by atoms with Crippen molar-refractivity contribution in [3.63, 3.8) is 0 Å². The first-order valence-corrected chi connectivity index (χ1v) is 11.5. The van der Waals surface area contributed by atoms with Crippen LogP contribution in [0.25, 0.3) is 10.8 Å². The molecule has 0 bridgehead atoms. The Labute approximate surface area is 206 Å². The highest BCUT2D eigenvalue weighted by Crippen LogP contribution is 2.29. The van der Waals surface area contributed by atoms with Gasteiger partial charge in [-0.05, 0) is 71.3 Å². The molecule has 7 heteroatoms. The minimum atomic E-state index is -0.501. The number of hydrogen-bond acceptors (Lipinski definition) is 5. The molecule has 34 heavy (non-hydrogen) atoms. The second-order valence-corrected chi connectivity index (χ2v) is 8.39. The average molecular weight is 519 g/mol. The molecule has 0 aromatic heterocycles. The summed E-state index contributed by atoms with van der Waals surface area (Å²) in [5.74, 6) is 0.602. The highest BCUT2D eigenvalue weighted by Gasteiger charge is 2.12. The molecule has 4 aromatic carbocycles. The summed E-state index contributed by atoms with van der Waals surface area (Å²) in [6.45, 7) is 2.79. The third-order valence-electron chi connectivity index (χ3n) is 5.06. The van der Waals surface area contributed by atoms with Gasteiger partial charge >= 0.3 is 0 Å². The summed E-state index contributed by atoms with van der Waals surface area (Å²) in [6, 6.07) is 24.0. The summed E-state index contributed by atoms with van der Waals surface area (Å²) in [5.41, 5.74) is 4.38. The number of ether oxygens (including phenoxy) is 2. The van der Waals surface area contributed by atoms with Crippen molar-refractivity contribution in [2.75, 3.05) is 6.61 Å². The number of nitrogens with zero attached hydrogens (tertiary/aromatic N) is 1. The molecule has 0 saturated carbocycles. The molecule has 0 saturated heterocycles. The van der Waals surface area contributed by atoms with Gasteiger partial charge in [0.25, 0.3) is 5.91 Å². The van der Waals surface area contributed by atoms with Crippen molar-refractivity contribution in [1.29, 1.82) is 0 Å². The zero-order valence-corrected chi connectivity index (χ0v) is 20.1. The number of phenols is 1. The number of rotatable bonds is 8. The number of halogens is 1. The Hall–Kier alpha value is -3.84. The van der Waals surface area contributed by atoms with Crippen molar-refractivity contribution in [3.05, 3.63) is 100 Å². The number of carbonyl (C=O) groups is 1. The molecule has 172 valence electrons. The molecule has 0 unspecified atom stereocenters. The quantitative estimate of drug-likeness (QED) is 0.220. The first-order chi connectivity index (χ1) is 16.5.